The van der Waals surface area contributed by atoms with Crippen molar-refractivity contribution in [2.45, 2.75) is 26.0 Å². The molecule has 1 aliphatic rings. The largest absolute Gasteiger partial charge is 0.474 e. The summed E-state index contributed by atoms with van der Waals surface area (Å²) in [6.07, 6.45) is 2.12. The van der Waals surface area contributed by atoms with Crippen LogP contribution in [0.25, 0.3) is 0 Å². The summed E-state index contributed by atoms with van der Waals surface area (Å²) in [5.74, 6) is 0.696. The van der Waals surface area contributed by atoms with Gasteiger partial charge in [0.2, 0.25) is 5.88 Å². The quantitative estimate of drug-likeness (QED) is 0.705. The fourth-order valence-electron chi connectivity index (χ4n) is 1.20. The zero-order valence-corrected chi connectivity index (χ0v) is 7.93. The zero-order chi connectivity index (χ0) is 9.26. The van der Waals surface area contributed by atoms with Crippen molar-refractivity contribution in [1.82, 2.24) is 9.78 Å². The van der Waals surface area contributed by atoms with Crippen LogP contribution in [0.1, 0.15) is 19.9 Å². The number of nitrogens with zero attached hydrogens (tertiary/aromatic N) is 2. The van der Waals surface area contributed by atoms with E-state index in [0.29, 0.717) is 11.9 Å². The summed E-state index contributed by atoms with van der Waals surface area (Å²) in [7, 11) is 0. The molecule has 0 radical (unpaired) electrons. The van der Waals surface area contributed by atoms with E-state index in [1.54, 1.807) is 0 Å². The molecular formula is C9H14N2O2. The van der Waals surface area contributed by atoms with Crippen LogP contribution >= 0.6 is 0 Å². The normalized spacial score (nSPS) is 17.5. The van der Waals surface area contributed by atoms with Crippen molar-refractivity contribution in [3.8, 4) is 5.88 Å². The molecule has 0 aliphatic carbocycles. The van der Waals surface area contributed by atoms with Crippen LogP contribution in [0.4, 0.5) is 0 Å². The Hall–Kier alpha value is -1.03. The second-order valence-corrected chi connectivity index (χ2v) is 3.49. The minimum Gasteiger partial charge on any atom is -0.474 e. The molecule has 1 aromatic heterocycles. The smallest absolute Gasteiger partial charge is 0.232 e. The van der Waals surface area contributed by atoms with Gasteiger partial charge in [0.05, 0.1) is 25.4 Å². The van der Waals surface area contributed by atoms with E-state index in [4.69, 9.17) is 9.47 Å². The van der Waals surface area contributed by atoms with E-state index < -0.39 is 0 Å². The van der Waals surface area contributed by atoms with Crippen molar-refractivity contribution in [1.29, 1.82) is 0 Å². The van der Waals surface area contributed by atoms with Crippen LogP contribution in [0.2, 0.25) is 0 Å². The lowest BCUT2D eigenvalue weighted by Crippen LogP contribution is -2.30. The lowest BCUT2D eigenvalue weighted by atomic mass is 10.3. The average molecular weight is 182 g/mol. The highest BCUT2D eigenvalue weighted by Crippen LogP contribution is 2.18. The predicted molar refractivity (Wildman–Crippen MR) is 47.8 cm³/mol. The lowest BCUT2D eigenvalue weighted by Gasteiger charge is -2.25. The molecule has 72 valence electrons. The van der Waals surface area contributed by atoms with Crippen molar-refractivity contribution in [2.75, 3.05) is 13.2 Å². The van der Waals surface area contributed by atoms with E-state index in [9.17, 15) is 0 Å². The minimum absolute atomic E-state index is 0.181. The van der Waals surface area contributed by atoms with E-state index in [2.05, 4.69) is 5.10 Å². The van der Waals surface area contributed by atoms with Crippen molar-refractivity contribution in [3.05, 3.63) is 12.3 Å². The summed E-state index contributed by atoms with van der Waals surface area (Å²) in [6, 6.07) is 2.29. The van der Waals surface area contributed by atoms with Gasteiger partial charge in [-0.1, -0.05) is 0 Å². The Morgan fingerprint density at radius 2 is 2.38 bits per heavy atom. The summed E-state index contributed by atoms with van der Waals surface area (Å²) in [5.41, 5.74) is 0. The number of hydrogen-bond donors (Lipinski definition) is 0. The highest BCUT2D eigenvalue weighted by Gasteiger charge is 2.21. The van der Waals surface area contributed by atoms with Gasteiger partial charge in [-0.3, -0.25) is 4.68 Å². The molecule has 2 rings (SSSR count). The molecule has 13 heavy (non-hydrogen) atoms. The van der Waals surface area contributed by atoms with Crippen LogP contribution in [0.5, 0.6) is 5.88 Å². The summed E-state index contributed by atoms with van der Waals surface area (Å²) >= 11 is 0. The molecule has 0 saturated carbocycles. The first kappa shape index (κ1) is 8.56. The first-order chi connectivity index (χ1) is 6.25. The van der Waals surface area contributed by atoms with Crippen LogP contribution in [0.3, 0.4) is 0 Å². The Morgan fingerprint density at radius 1 is 1.62 bits per heavy atom. The van der Waals surface area contributed by atoms with Crippen LogP contribution in [-0.4, -0.2) is 29.1 Å². The van der Waals surface area contributed by atoms with Crippen LogP contribution in [-0.2, 0) is 4.74 Å². The predicted octanol–water partition coefficient (Wildman–Crippen LogP) is 1.24. The summed E-state index contributed by atoms with van der Waals surface area (Å²) in [6.45, 7) is 5.52. The third-order valence-corrected chi connectivity index (χ3v) is 1.93. The molecule has 4 nitrogen and oxygen atoms in total. The maximum Gasteiger partial charge on any atom is 0.232 e. The van der Waals surface area contributed by atoms with Crippen LogP contribution in [0.15, 0.2) is 12.3 Å². The lowest BCUT2D eigenvalue weighted by molar-refractivity contribution is -0.0291. The molecular weight excluding hydrogens is 168 g/mol. The summed E-state index contributed by atoms with van der Waals surface area (Å²) in [5, 5.41) is 4.29. The Balaban J connectivity index is 2.00. The molecule has 1 fully saturated rings. The third-order valence-electron chi connectivity index (χ3n) is 1.93. The maximum absolute atomic E-state index is 5.44. The van der Waals surface area contributed by atoms with Crippen molar-refractivity contribution in [2.24, 2.45) is 0 Å². The zero-order valence-electron chi connectivity index (χ0n) is 7.93. The Morgan fingerprint density at radius 3 is 2.92 bits per heavy atom. The molecule has 0 atom stereocenters. The van der Waals surface area contributed by atoms with Crippen molar-refractivity contribution in [3.63, 3.8) is 0 Å². The van der Waals surface area contributed by atoms with E-state index in [0.717, 1.165) is 13.2 Å². The van der Waals surface area contributed by atoms with E-state index in [1.165, 1.54) is 0 Å². The molecule has 4 heteroatoms. The van der Waals surface area contributed by atoms with Gasteiger partial charge in [0, 0.05) is 12.3 Å². The van der Waals surface area contributed by atoms with Crippen LogP contribution < -0.4 is 4.74 Å². The molecule has 1 saturated heterocycles. The highest BCUT2D eigenvalue weighted by molar-refractivity contribution is 5.07. The number of rotatable bonds is 3. The standard InChI is InChI=1S/C9H14N2O2/c1-7(2)13-9-3-4-11(10-9)8-5-12-6-8/h3-4,7-8H,5-6H2,1-2H3. The molecule has 0 spiro atoms. The molecule has 0 N–H and O–H groups in total. The van der Waals surface area contributed by atoms with Gasteiger partial charge in [-0.15, -0.1) is 5.10 Å². The Kier molecular flexibility index (Phi) is 2.22. The summed E-state index contributed by atoms with van der Waals surface area (Å²) in [4.78, 5) is 0. The first-order valence-corrected chi connectivity index (χ1v) is 4.55. The van der Waals surface area contributed by atoms with Gasteiger partial charge < -0.3 is 9.47 Å². The van der Waals surface area contributed by atoms with Gasteiger partial charge in [0.25, 0.3) is 0 Å². The average Bonchev–Trinajstić information content (AvgIpc) is 2.31. The van der Waals surface area contributed by atoms with E-state index in [-0.39, 0.29) is 6.10 Å². The molecule has 1 aliphatic heterocycles. The molecule has 0 unspecified atom stereocenters. The van der Waals surface area contributed by atoms with Gasteiger partial charge in [-0.2, -0.15) is 0 Å². The number of ether oxygens (including phenoxy) is 2. The molecule has 0 bridgehead atoms. The second-order valence-electron chi connectivity index (χ2n) is 3.49. The number of hydrogen-bond acceptors (Lipinski definition) is 3. The van der Waals surface area contributed by atoms with Crippen LogP contribution in [0, 0.1) is 0 Å². The SMILES string of the molecule is CC(C)Oc1ccn(C2COC2)n1. The first-order valence-electron chi connectivity index (χ1n) is 4.55. The number of aromatic nitrogens is 2. The summed E-state index contributed by atoms with van der Waals surface area (Å²) < 4.78 is 12.4. The third kappa shape index (κ3) is 1.83. The van der Waals surface area contributed by atoms with Gasteiger partial charge in [0.1, 0.15) is 0 Å². The fourth-order valence-corrected chi connectivity index (χ4v) is 1.20. The Labute approximate surface area is 77.4 Å². The van der Waals surface area contributed by atoms with Crippen molar-refractivity contribution < 1.29 is 9.47 Å². The van der Waals surface area contributed by atoms with E-state index in [1.807, 2.05) is 30.8 Å². The topological polar surface area (TPSA) is 36.3 Å². The molecule has 2 heterocycles. The highest BCUT2D eigenvalue weighted by atomic mass is 16.5. The van der Waals surface area contributed by atoms with Gasteiger partial charge >= 0.3 is 0 Å². The second kappa shape index (κ2) is 3.38. The van der Waals surface area contributed by atoms with Crippen molar-refractivity contribution >= 4 is 0 Å². The molecule has 0 aromatic carbocycles. The maximum atomic E-state index is 5.44. The fraction of sp³-hybridized carbons (Fsp3) is 0.667. The minimum atomic E-state index is 0.181. The Bertz CT molecular complexity index is 279. The van der Waals surface area contributed by atoms with Gasteiger partial charge in [-0.05, 0) is 13.8 Å². The van der Waals surface area contributed by atoms with Gasteiger partial charge in [0.15, 0.2) is 0 Å². The molecule has 1 aromatic rings. The van der Waals surface area contributed by atoms with Gasteiger partial charge in [-0.25, -0.2) is 0 Å². The van der Waals surface area contributed by atoms with E-state index >= 15 is 0 Å². The monoisotopic (exact) mass is 182 g/mol. The molecule has 0 amide bonds.